The second kappa shape index (κ2) is 5.24. The zero-order chi connectivity index (χ0) is 12.4. The number of nitrogens with two attached hydrogens (primary N) is 1. The zero-order valence-corrected chi connectivity index (χ0v) is 10.6. The monoisotopic (exact) mass is 251 g/mol. The Morgan fingerprint density at radius 2 is 2.39 bits per heavy atom. The van der Waals surface area contributed by atoms with Gasteiger partial charge in [-0.3, -0.25) is 0 Å². The van der Waals surface area contributed by atoms with Crippen LogP contribution >= 0.6 is 0 Å². The fraction of sp³-hybridized carbons (Fsp3) is 0.833. The van der Waals surface area contributed by atoms with Gasteiger partial charge in [-0.15, -0.1) is 0 Å². The SMILES string of the molecule is NCCCc1nc2n(n1)C(C1CCCO1)CCN2. The smallest absolute Gasteiger partial charge is 0.221 e. The maximum absolute atomic E-state index is 5.80. The van der Waals surface area contributed by atoms with Gasteiger partial charge in [0.2, 0.25) is 5.95 Å². The molecule has 0 saturated carbocycles. The van der Waals surface area contributed by atoms with Crippen LogP contribution in [0.2, 0.25) is 0 Å². The average molecular weight is 251 g/mol. The van der Waals surface area contributed by atoms with Gasteiger partial charge in [-0.05, 0) is 32.2 Å². The second-order valence-corrected chi connectivity index (χ2v) is 5.02. The molecule has 2 atom stereocenters. The number of ether oxygens (including phenoxy) is 1. The molecule has 3 N–H and O–H groups in total. The first-order valence-electron chi connectivity index (χ1n) is 6.89. The lowest BCUT2D eigenvalue weighted by atomic mass is 10.0. The van der Waals surface area contributed by atoms with Crippen LogP contribution in [0.4, 0.5) is 5.95 Å². The van der Waals surface area contributed by atoms with E-state index in [0.717, 1.165) is 50.6 Å². The van der Waals surface area contributed by atoms with E-state index in [0.29, 0.717) is 18.7 Å². The van der Waals surface area contributed by atoms with Crippen molar-refractivity contribution < 1.29 is 4.74 Å². The summed E-state index contributed by atoms with van der Waals surface area (Å²) < 4.78 is 7.84. The minimum absolute atomic E-state index is 0.315. The highest BCUT2D eigenvalue weighted by Crippen LogP contribution is 2.31. The minimum Gasteiger partial charge on any atom is -0.376 e. The van der Waals surface area contributed by atoms with Crippen molar-refractivity contribution in [2.75, 3.05) is 25.0 Å². The molecular formula is C12H21N5O. The molecule has 0 aromatic carbocycles. The lowest BCUT2D eigenvalue weighted by molar-refractivity contribution is 0.0589. The fourth-order valence-corrected chi connectivity index (χ4v) is 2.79. The molecule has 1 saturated heterocycles. The average Bonchev–Trinajstić information content (AvgIpc) is 3.04. The van der Waals surface area contributed by atoms with Crippen molar-refractivity contribution in [3.8, 4) is 0 Å². The Kier molecular flexibility index (Phi) is 3.47. The van der Waals surface area contributed by atoms with Crippen molar-refractivity contribution in [2.24, 2.45) is 5.73 Å². The van der Waals surface area contributed by atoms with E-state index in [1.807, 2.05) is 4.68 Å². The van der Waals surface area contributed by atoms with Crippen LogP contribution in [0, 0.1) is 0 Å². The second-order valence-electron chi connectivity index (χ2n) is 5.02. The van der Waals surface area contributed by atoms with E-state index in [1.54, 1.807) is 0 Å². The fourth-order valence-electron chi connectivity index (χ4n) is 2.79. The van der Waals surface area contributed by atoms with E-state index in [-0.39, 0.29) is 0 Å². The Bertz CT molecular complexity index is 399. The first kappa shape index (κ1) is 11.9. The zero-order valence-electron chi connectivity index (χ0n) is 10.6. The maximum Gasteiger partial charge on any atom is 0.221 e. The van der Waals surface area contributed by atoms with Crippen LogP contribution in [0.1, 0.15) is 37.5 Å². The molecule has 3 rings (SSSR count). The molecule has 2 unspecified atom stereocenters. The minimum atomic E-state index is 0.315. The van der Waals surface area contributed by atoms with Crippen LogP contribution < -0.4 is 11.1 Å². The van der Waals surface area contributed by atoms with Gasteiger partial charge < -0.3 is 15.8 Å². The summed E-state index contributed by atoms with van der Waals surface area (Å²) in [5.41, 5.74) is 5.53. The molecule has 0 radical (unpaired) electrons. The molecule has 0 aliphatic carbocycles. The number of aryl methyl sites for hydroxylation is 1. The first-order chi connectivity index (χ1) is 8.88. The molecule has 3 heterocycles. The summed E-state index contributed by atoms with van der Waals surface area (Å²) in [6.07, 6.45) is 5.48. The molecule has 2 aliphatic heterocycles. The number of aromatic nitrogens is 3. The number of nitrogens with one attached hydrogen (secondary N) is 1. The summed E-state index contributed by atoms with van der Waals surface area (Å²) in [7, 11) is 0. The Balaban J connectivity index is 1.78. The summed E-state index contributed by atoms with van der Waals surface area (Å²) in [5, 5.41) is 7.94. The van der Waals surface area contributed by atoms with Gasteiger partial charge in [-0.2, -0.15) is 10.1 Å². The third kappa shape index (κ3) is 2.22. The van der Waals surface area contributed by atoms with E-state index in [4.69, 9.17) is 10.5 Å². The van der Waals surface area contributed by atoms with Crippen LogP contribution in [-0.4, -0.2) is 40.6 Å². The molecular weight excluding hydrogens is 230 g/mol. The highest BCUT2D eigenvalue weighted by atomic mass is 16.5. The Hall–Kier alpha value is -1.14. The molecule has 100 valence electrons. The quantitative estimate of drug-likeness (QED) is 0.824. The van der Waals surface area contributed by atoms with Crippen LogP contribution in [0.3, 0.4) is 0 Å². The van der Waals surface area contributed by atoms with Crippen molar-refractivity contribution >= 4 is 5.95 Å². The topological polar surface area (TPSA) is 78.0 Å². The first-order valence-corrected chi connectivity index (χ1v) is 6.89. The van der Waals surface area contributed by atoms with E-state index in [2.05, 4.69) is 15.4 Å². The van der Waals surface area contributed by atoms with Crippen molar-refractivity contribution in [3.05, 3.63) is 5.82 Å². The van der Waals surface area contributed by atoms with Gasteiger partial charge >= 0.3 is 0 Å². The van der Waals surface area contributed by atoms with Gasteiger partial charge in [0.15, 0.2) is 5.82 Å². The number of anilines is 1. The van der Waals surface area contributed by atoms with E-state index >= 15 is 0 Å². The lowest BCUT2D eigenvalue weighted by Gasteiger charge is -2.28. The third-order valence-electron chi connectivity index (χ3n) is 3.71. The molecule has 6 nitrogen and oxygen atoms in total. The van der Waals surface area contributed by atoms with Crippen molar-refractivity contribution in [3.63, 3.8) is 0 Å². The normalized spacial score (nSPS) is 26.9. The number of nitrogens with zero attached hydrogens (tertiary/aromatic N) is 3. The largest absolute Gasteiger partial charge is 0.376 e. The summed E-state index contributed by atoms with van der Waals surface area (Å²) in [5.74, 6) is 1.79. The number of hydrogen-bond acceptors (Lipinski definition) is 5. The van der Waals surface area contributed by atoms with Crippen LogP contribution in [0.5, 0.6) is 0 Å². The maximum atomic E-state index is 5.80. The van der Waals surface area contributed by atoms with Crippen molar-refractivity contribution in [2.45, 2.75) is 44.2 Å². The van der Waals surface area contributed by atoms with Gasteiger partial charge in [0, 0.05) is 19.6 Å². The van der Waals surface area contributed by atoms with Gasteiger partial charge in [0.25, 0.3) is 0 Å². The molecule has 1 aromatic heterocycles. The molecule has 6 heteroatoms. The summed E-state index contributed by atoms with van der Waals surface area (Å²) in [6.45, 7) is 2.53. The van der Waals surface area contributed by atoms with Gasteiger partial charge in [0.1, 0.15) is 0 Å². The summed E-state index contributed by atoms with van der Waals surface area (Å²) in [6, 6.07) is 0.350. The van der Waals surface area contributed by atoms with E-state index in [1.165, 1.54) is 6.42 Å². The number of rotatable bonds is 4. The van der Waals surface area contributed by atoms with E-state index < -0.39 is 0 Å². The predicted molar refractivity (Wildman–Crippen MR) is 68.5 cm³/mol. The van der Waals surface area contributed by atoms with Crippen molar-refractivity contribution in [1.82, 2.24) is 14.8 Å². The molecule has 18 heavy (non-hydrogen) atoms. The van der Waals surface area contributed by atoms with Gasteiger partial charge in [-0.25, -0.2) is 4.68 Å². The lowest BCUT2D eigenvalue weighted by Crippen LogP contribution is -2.32. The third-order valence-corrected chi connectivity index (χ3v) is 3.71. The number of fused-ring (bicyclic) bond motifs is 1. The standard InChI is InChI=1S/C12H21N5O/c13-6-1-4-11-15-12-14-7-5-9(17(12)16-11)10-3-2-8-18-10/h9-10H,1-8,13H2,(H,14,15,16). The molecule has 1 aromatic rings. The highest BCUT2D eigenvalue weighted by Gasteiger charge is 2.32. The molecule has 0 bridgehead atoms. The molecule has 0 spiro atoms. The summed E-state index contributed by atoms with van der Waals surface area (Å²) in [4.78, 5) is 4.54. The van der Waals surface area contributed by atoms with Crippen LogP contribution in [0.25, 0.3) is 0 Å². The summed E-state index contributed by atoms with van der Waals surface area (Å²) >= 11 is 0. The number of hydrogen-bond donors (Lipinski definition) is 2. The van der Waals surface area contributed by atoms with Gasteiger partial charge in [-0.1, -0.05) is 0 Å². The molecule has 1 fully saturated rings. The molecule has 0 amide bonds. The van der Waals surface area contributed by atoms with E-state index in [9.17, 15) is 0 Å². The highest BCUT2D eigenvalue weighted by molar-refractivity contribution is 5.28. The Morgan fingerprint density at radius 1 is 1.44 bits per heavy atom. The van der Waals surface area contributed by atoms with Gasteiger partial charge in [0.05, 0.1) is 12.1 Å². The predicted octanol–water partition coefficient (Wildman–Crippen LogP) is 0.705. The molecule has 2 aliphatic rings. The van der Waals surface area contributed by atoms with Crippen LogP contribution in [0.15, 0.2) is 0 Å². The van der Waals surface area contributed by atoms with Crippen LogP contribution in [-0.2, 0) is 11.2 Å². The van der Waals surface area contributed by atoms with Crippen molar-refractivity contribution in [1.29, 1.82) is 0 Å². The Morgan fingerprint density at radius 3 is 3.17 bits per heavy atom. The Labute approximate surface area is 107 Å².